The standard InChI is InChI=1S/C20H30O4/c1-7-16(4)19(22)23-17(18-20(5,6)24-18)13-15(3)10-8-9-14(2)11-12-21/h7-11,17-18,21H,12-13H2,1-6H3. The largest absolute Gasteiger partial charge is 0.456 e. The molecule has 1 rings (SSSR count). The molecule has 1 heterocycles. The molecular formula is C20H30O4. The third kappa shape index (κ3) is 6.46. The minimum atomic E-state index is -0.293. The number of hydrogen-bond acceptors (Lipinski definition) is 4. The van der Waals surface area contributed by atoms with Gasteiger partial charge in [-0.15, -0.1) is 0 Å². The zero-order valence-corrected chi connectivity index (χ0v) is 15.6. The Labute approximate surface area is 145 Å². The van der Waals surface area contributed by atoms with E-state index in [4.69, 9.17) is 14.6 Å². The van der Waals surface area contributed by atoms with Crippen LogP contribution in [0.15, 0.2) is 47.1 Å². The molecule has 0 aromatic heterocycles. The zero-order chi connectivity index (χ0) is 18.3. The molecule has 24 heavy (non-hydrogen) atoms. The normalized spacial score (nSPS) is 22.6. The molecule has 0 aliphatic carbocycles. The number of hydrogen-bond donors (Lipinski definition) is 1. The topological polar surface area (TPSA) is 59.1 Å². The maximum atomic E-state index is 12.1. The van der Waals surface area contributed by atoms with Gasteiger partial charge in [-0.25, -0.2) is 4.79 Å². The summed E-state index contributed by atoms with van der Waals surface area (Å²) in [5.41, 5.74) is 2.46. The summed E-state index contributed by atoms with van der Waals surface area (Å²) < 4.78 is 11.3. The van der Waals surface area contributed by atoms with Crippen LogP contribution >= 0.6 is 0 Å². The van der Waals surface area contributed by atoms with Gasteiger partial charge in [0, 0.05) is 12.0 Å². The number of aliphatic hydroxyl groups excluding tert-OH is 1. The summed E-state index contributed by atoms with van der Waals surface area (Å²) in [5, 5.41) is 8.84. The monoisotopic (exact) mass is 334 g/mol. The lowest BCUT2D eigenvalue weighted by molar-refractivity contribution is -0.145. The van der Waals surface area contributed by atoms with Crippen molar-refractivity contribution in [2.45, 2.75) is 65.8 Å². The Bertz CT molecular complexity index is 564. The van der Waals surface area contributed by atoms with Crippen LogP contribution in [0, 0.1) is 0 Å². The van der Waals surface area contributed by atoms with Crippen LogP contribution in [0.2, 0.25) is 0 Å². The van der Waals surface area contributed by atoms with E-state index in [1.807, 2.05) is 52.8 Å². The van der Waals surface area contributed by atoms with E-state index >= 15 is 0 Å². The number of ether oxygens (including phenoxy) is 2. The van der Waals surface area contributed by atoms with Crippen molar-refractivity contribution >= 4 is 5.97 Å². The highest BCUT2D eigenvalue weighted by molar-refractivity contribution is 5.87. The predicted octanol–water partition coefficient (Wildman–Crippen LogP) is 3.87. The lowest BCUT2D eigenvalue weighted by atomic mass is 9.99. The van der Waals surface area contributed by atoms with Crippen LogP contribution in [-0.2, 0) is 14.3 Å². The molecular weight excluding hydrogens is 304 g/mol. The van der Waals surface area contributed by atoms with Crippen molar-refractivity contribution in [2.75, 3.05) is 6.61 Å². The van der Waals surface area contributed by atoms with Crippen molar-refractivity contribution in [3.8, 4) is 0 Å². The van der Waals surface area contributed by atoms with Gasteiger partial charge in [0.1, 0.15) is 12.2 Å². The van der Waals surface area contributed by atoms with E-state index in [2.05, 4.69) is 0 Å². The fourth-order valence-corrected chi connectivity index (χ4v) is 2.34. The van der Waals surface area contributed by atoms with Crippen LogP contribution in [0.1, 0.15) is 48.0 Å². The van der Waals surface area contributed by atoms with Gasteiger partial charge < -0.3 is 14.6 Å². The van der Waals surface area contributed by atoms with E-state index < -0.39 is 0 Å². The highest BCUT2D eigenvalue weighted by atomic mass is 16.6. The number of aliphatic hydroxyl groups is 1. The second-order valence-corrected chi connectivity index (χ2v) is 6.76. The second kappa shape index (κ2) is 9.00. The molecule has 1 aliphatic heterocycles. The average Bonchev–Trinajstić information content (AvgIpc) is 3.14. The van der Waals surface area contributed by atoms with Gasteiger partial charge >= 0.3 is 5.97 Å². The van der Waals surface area contributed by atoms with Crippen LogP contribution in [0.3, 0.4) is 0 Å². The van der Waals surface area contributed by atoms with E-state index in [0.29, 0.717) is 12.0 Å². The van der Waals surface area contributed by atoms with Gasteiger partial charge in [-0.2, -0.15) is 0 Å². The van der Waals surface area contributed by atoms with Crippen molar-refractivity contribution in [1.82, 2.24) is 0 Å². The minimum absolute atomic E-state index is 0.0370. The summed E-state index contributed by atoms with van der Waals surface area (Å²) in [4.78, 5) is 12.1. The molecule has 4 nitrogen and oxygen atoms in total. The fourth-order valence-electron chi connectivity index (χ4n) is 2.34. The van der Waals surface area contributed by atoms with Crippen molar-refractivity contribution in [3.63, 3.8) is 0 Å². The molecule has 1 aliphatic rings. The molecule has 0 saturated carbocycles. The lowest BCUT2D eigenvalue weighted by Gasteiger charge is -2.17. The summed E-state index contributed by atoms with van der Waals surface area (Å²) in [7, 11) is 0. The summed E-state index contributed by atoms with van der Waals surface area (Å²) >= 11 is 0. The first kappa shape index (κ1) is 20.4. The fraction of sp³-hybridized carbons (Fsp3) is 0.550. The first-order valence-corrected chi connectivity index (χ1v) is 8.34. The quantitative estimate of drug-likeness (QED) is 0.317. The number of esters is 1. The van der Waals surface area contributed by atoms with Gasteiger partial charge in [0.15, 0.2) is 0 Å². The molecule has 134 valence electrons. The molecule has 1 saturated heterocycles. The van der Waals surface area contributed by atoms with E-state index in [0.717, 1.165) is 11.1 Å². The Morgan fingerprint density at radius 1 is 1.33 bits per heavy atom. The third-order valence-corrected chi connectivity index (χ3v) is 4.09. The third-order valence-electron chi connectivity index (χ3n) is 4.09. The van der Waals surface area contributed by atoms with Crippen molar-refractivity contribution < 1.29 is 19.4 Å². The Morgan fingerprint density at radius 2 is 1.96 bits per heavy atom. The van der Waals surface area contributed by atoms with Gasteiger partial charge in [0.25, 0.3) is 0 Å². The second-order valence-electron chi connectivity index (χ2n) is 6.76. The first-order valence-electron chi connectivity index (χ1n) is 8.34. The van der Waals surface area contributed by atoms with E-state index in [1.54, 1.807) is 19.1 Å². The molecule has 0 radical (unpaired) electrons. The molecule has 0 bridgehead atoms. The molecule has 0 aromatic carbocycles. The highest BCUT2D eigenvalue weighted by Gasteiger charge is 2.54. The highest BCUT2D eigenvalue weighted by Crippen LogP contribution is 2.40. The van der Waals surface area contributed by atoms with E-state index in [-0.39, 0.29) is 30.4 Å². The molecule has 0 aromatic rings. The van der Waals surface area contributed by atoms with Crippen LogP contribution in [0.5, 0.6) is 0 Å². The van der Waals surface area contributed by atoms with Crippen LogP contribution in [-0.4, -0.2) is 35.5 Å². The van der Waals surface area contributed by atoms with Gasteiger partial charge in [0.05, 0.1) is 12.2 Å². The minimum Gasteiger partial charge on any atom is -0.456 e. The Kier molecular flexibility index (Phi) is 7.64. The molecule has 2 atom stereocenters. The Hall–Kier alpha value is -1.65. The number of epoxide rings is 1. The van der Waals surface area contributed by atoms with Crippen LogP contribution in [0.4, 0.5) is 0 Å². The maximum Gasteiger partial charge on any atom is 0.333 e. The Balaban J connectivity index is 2.75. The van der Waals surface area contributed by atoms with Crippen molar-refractivity contribution in [2.24, 2.45) is 0 Å². The molecule has 2 unspecified atom stereocenters. The summed E-state index contributed by atoms with van der Waals surface area (Å²) in [6, 6.07) is 0. The first-order chi connectivity index (χ1) is 11.2. The van der Waals surface area contributed by atoms with Gasteiger partial charge in [-0.1, -0.05) is 41.5 Å². The number of rotatable bonds is 8. The SMILES string of the molecule is CC=C(C)C(=O)OC(CC(C)=CC=CC(C)=CCO)C1OC1(C)C. The number of allylic oxidation sites excluding steroid dienone is 5. The summed E-state index contributed by atoms with van der Waals surface area (Å²) in [6.45, 7) is 11.6. The van der Waals surface area contributed by atoms with Gasteiger partial charge in [0.2, 0.25) is 0 Å². The predicted molar refractivity (Wildman–Crippen MR) is 96.6 cm³/mol. The zero-order valence-electron chi connectivity index (χ0n) is 15.6. The maximum absolute atomic E-state index is 12.1. The summed E-state index contributed by atoms with van der Waals surface area (Å²) in [6.07, 6.45) is 9.62. The van der Waals surface area contributed by atoms with Crippen LogP contribution < -0.4 is 0 Å². The average molecular weight is 334 g/mol. The van der Waals surface area contributed by atoms with Crippen LogP contribution in [0.25, 0.3) is 0 Å². The smallest absolute Gasteiger partial charge is 0.333 e. The van der Waals surface area contributed by atoms with Crippen molar-refractivity contribution in [3.05, 3.63) is 47.1 Å². The molecule has 1 fully saturated rings. The van der Waals surface area contributed by atoms with Crippen molar-refractivity contribution in [1.29, 1.82) is 0 Å². The number of carbonyl (C=O) groups excluding carboxylic acids is 1. The van der Waals surface area contributed by atoms with Gasteiger partial charge in [-0.05, 0) is 41.5 Å². The number of carbonyl (C=O) groups is 1. The lowest BCUT2D eigenvalue weighted by Crippen LogP contribution is -2.28. The summed E-state index contributed by atoms with van der Waals surface area (Å²) in [5.74, 6) is -0.293. The van der Waals surface area contributed by atoms with Gasteiger partial charge in [-0.3, -0.25) is 0 Å². The molecule has 0 spiro atoms. The Morgan fingerprint density at radius 3 is 2.46 bits per heavy atom. The van der Waals surface area contributed by atoms with E-state index in [1.165, 1.54) is 0 Å². The molecule has 1 N–H and O–H groups in total. The molecule has 0 amide bonds. The molecule has 4 heteroatoms. The van der Waals surface area contributed by atoms with E-state index in [9.17, 15) is 4.79 Å².